The summed E-state index contributed by atoms with van der Waals surface area (Å²) in [5, 5.41) is 3.39. The molecule has 2 aromatic rings. The molecule has 0 radical (unpaired) electrons. The minimum absolute atomic E-state index is 0.187. The van der Waals surface area contributed by atoms with Gasteiger partial charge in [0.1, 0.15) is 5.82 Å². The average Bonchev–Trinajstić information content (AvgIpc) is 2.38. The van der Waals surface area contributed by atoms with Crippen molar-refractivity contribution >= 4 is 5.69 Å². The minimum atomic E-state index is -0.187. The van der Waals surface area contributed by atoms with Crippen molar-refractivity contribution in [3.05, 3.63) is 53.8 Å². The molecule has 0 unspecified atom stereocenters. The first-order valence-electron chi connectivity index (χ1n) is 5.96. The fourth-order valence-corrected chi connectivity index (χ4v) is 2.31. The molecule has 0 saturated carbocycles. The second-order valence-electron chi connectivity index (χ2n) is 4.41. The summed E-state index contributed by atoms with van der Waals surface area (Å²) in [6, 6.07) is 13.1. The van der Waals surface area contributed by atoms with E-state index in [9.17, 15) is 4.39 Å². The van der Waals surface area contributed by atoms with Gasteiger partial charge in [-0.3, -0.25) is 0 Å². The summed E-state index contributed by atoms with van der Waals surface area (Å²) in [6.07, 6.45) is 2.32. The molecule has 0 spiro atoms. The number of rotatable bonds is 1. The number of halogens is 1. The van der Waals surface area contributed by atoms with E-state index < -0.39 is 0 Å². The molecular formula is C15H14FN. The minimum Gasteiger partial charge on any atom is -0.385 e. The van der Waals surface area contributed by atoms with Crippen molar-refractivity contribution in [1.82, 2.24) is 0 Å². The Morgan fingerprint density at radius 1 is 1.00 bits per heavy atom. The van der Waals surface area contributed by atoms with Crippen molar-refractivity contribution in [1.29, 1.82) is 0 Å². The van der Waals surface area contributed by atoms with Crippen molar-refractivity contribution < 1.29 is 4.39 Å². The Morgan fingerprint density at radius 3 is 2.76 bits per heavy atom. The van der Waals surface area contributed by atoms with Crippen LogP contribution in [0.2, 0.25) is 0 Å². The van der Waals surface area contributed by atoms with E-state index in [4.69, 9.17) is 0 Å². The van der Waals surface area contributed by atoms with E-state index >= 15 is 0 Å². The summed E-state index contributed by atoms with van der Waals surface area (Å²) in [5.41, 5.74) is 4.55. The third-order valence-corrected chi connectivity index (χ3v) is 3.21. The lowest BCUT2D eigenvalue weighted by atomic mass is 9.98. The predicted octanol–water partition coefficient (Wildman–Crippen LogP) is 3.85. The Balaban J connectivity index is 2.04. The number of fused-ring (bicyclic) bond motifs is 1. The number of benzene rings is 2. The first-order chi connectivity index (χ1) is 8.33. The Kier molecular flexibility index (Phi) is 2.56. The molecule has 0 bridgehead atoms. The fraction of sp³-hybridized carbons (Fsp3) is 0.200. The van der Waals surface area contributed by atoms with Gasteiger partial charge < -0.3 is 5.32 Å². The van der Waals surface area contributed by atoms with Gasteiger partial charge in [-0.1, -0.05) is 24.3 Å². The summed E-state index contributed by atoms with van der Waals surface area (Å²) < 4.78 is 13.2. The van der Waals surface area contributed by atoms with Crippen LogP contribution in [0.15, 0.2) is 42.5 Å². The highest BCUT2D eigenvalue weighted by Crippen LogP contribution is 2.28. The maximum absolute atomic E-state index is 13.2. The average molecular weight is 227 g/mol. The number of aryl methyl sites for hydroxylation is 1. The van der Waals surface area contributed by atoms with Crippen molar-refractivity contribution in [2.75, 3.05) is 11.9 Å². The van der Waals surface area contributed by atoms with E-state index in [0.717, 1.165) is 24.1 Å². The maximum Gasteiger partial charge on any atom is 0.123 e. The molecule has 0 aliphatic carbocycles. The quantitative estimate of drug-likeness (QED) is 0.780. The highest BCUT2D eigenvalue weighted by molar-refractivity contribution is 5.70. The molecule has 2 aromatic carbocycles. The molecule has 2 heteroatoms. The van der Waals surface area contributed by atoms with Crippen LogP contribution in [0.4, 0.5) is 10.1 Å². The third-order valence-electron chi connectivity index (χ3n) is 3.21. The van der Waals surface area contributed by atoms with E-state index in [1.165, 1.54) is 23.7 Å². The zero-order valence-corrected chi connectivity index (χ0v) is 9.54. The Labute approximate surface area is 100 Å². The van der Waals surface area contributed by atoms with Crippen LogP contribution in [0.25, 0.3) is 11.1 Å². The smallest absolute Gasteiger partial charge is 0.123 e. The van der Waals surface area contributed by atoms with E-state index in [0.29, 0.717) is 0 Å². The fourth-order valence-electron chi connectivity index (χ4n) is 2.31. The predicted molar refractivity (Wildman–Crippen MR) is 68.6 cm³/mol. The Hall–Kier alpha value is -1.83. The third kappa shape index (κ3) is 2.03. The van der Waals surface area contributed by atoms with Gasteiger partial charge in [-0.25, -0.2) is 4.39 Å². The van der Waals surface area contributed by atoms with E-state index in [1.807, 2.05) is 6.07 Å². The summed E-state index contributed by atoms with van der Waals surface area (Å²) in [5.74, 6) is -0.187. The molecule has 0 aromatic heterocycles. The maximum atomic E-state index is 13.2. The largest absolute Gasteiger partial charge is 0.385 e. The molecule has 1 heterocycles. The summed E-state index contributed by atoms with van der Waals surface area (Å²) >= 11 is 0. The van der Waals surface area contributed by atoms with Crippen LogP contribution in [0.3, 0.4) is 0 Å². The molecule has 1 aliphatic rings. The molecular weight excluding hydrogens is 213 g/mol. The lowest BCUT2D eigenvalue weighted by molar-refractivity contribution is 0.628. The lowest BCUT2D eigenvalue weighted by Crippen LogP contribution is -2.11. The van der Waals surface area contributed by atoms with Crippen LogP contribution in [-0.2, 0) is 6.42 Å². The van der Waals surface area contributed by atoms with Crippen molar-refractivity contribution in [2.45, 2.75) is 12.8 Å². The molecule has 1 nitrogen and oxygen atoms in total. The van der Waals surface area contributed by atoms with Gasteiger partial charge in [0, 0.05) is 12.2 Å². The molecule has 17 heavy (non-hydrogen) atoms. The number of nitrogens with one attached hydrogen (secondary N) is 1. The van der Waals surface area contributed by atoms with Gasteiger partial charge in [0.05, 0.1) is 0 Å². The van der Waals surface area contributed by atoms with Crippen LogP contribution in [0.1, 0.15) is 12.0 Å². The van der Waals surface area contributed by atoms with Crippen molar-refractivity contribution in [3.8, 4) is 11.1 Å². The Morgan fingerprint density at radius 2 is 1.88 bits per heavy atom. The summed E-state index contributed by atoms with van der Waals surface area (Å²) in [6.45, 7) is 1.03. The number of hydrogen-bond acceptors (Lipinski definition) is 1. The molecule has 0 amide bonds. The molecule has 3 rings (SSSR count). The second-order valence-corrected chi connectivity index (χ2v) is 4.41. The van der Waals surface area contributed by atoms with Crippen molar-refractivity contribution in [3.63, 3.8) is 0 Å². The van der Waals surface area contributed by atoms with Gasteiger partial charge in [-0.2, -0.15) is 0 Å². The van der Waals surface area contributed by atoms with Gasteiger partial charge in [0.15, 0.2) is 0 Å². The molecule has 1 aliphatic heterocycles. The summed E-state index contributed by atoms with van der Waals surface area (Å²) in [7, 11) is 0. The van der Waals surface area contributed by atoms with Crippen LogP contribution in [0, 0.1) is 5.82 Å². The molecule has 86 valence electrons. The zero-order chi connectivity index (χ0) is 11.7. The lowest BCUT2D eigenvalue weighted by Gasteiger charge is -2.18. The molecule has 0 saturated heterocycles. The topological polar surface area (TPSA) is 12.0 Å². The van der Waals surface area contributed by atoms with Gasteiger partial charge in [-0.15, -0.1) is 0 Å². The van der Waals surface area contributed by atoms with E-state index in [1.54, 1.807) is 12.1 Å². The first kappa shape index (κ1) is 10.3. The number of hydrogen-bond donors (Lipinski definition) is 1. The van der Waals surface area contributed by atoms with Gasteiger partial charge in [0.25, 0.3) is 0 Å². The SMILES string of the molecule is Fc1cccc(-c2ccc3c(c2)NCCC3)c1. The normalized spacial score (nSPS) is 13.9. The zero-order valence-electron chi connectivity index (χ0n) is 9.54. The second kappa shape index (κ2) is 4.21. The van der Waals surface area contributed by atoms with Gasteiger partial charge in [-0.05, 0) is 47.7 Å². The Bertz CT molecular complexity index is 548. The van der Waals surface area contributed by atoms with Crippen molar-refractivity contribution in [2.24, 2.45) is 0 Å². The van der Waals surface area contributed by atoms with Crippen LogP contribution >= 0.6 is 0 Å². The first-order valence-corrected chi connectivity index (χ1v) is 5.96. The highest BCUT2D eigenvalue weighted by Gasteiger charge is 2.09. The van der Waals surface area contributed by atoms with Gasteiger partial charge in [0.2, 0.25) is 0 Å². The van der Waals surface area contributed by atoms with Crippen LogP contribution < -0.4 is 5.32 Å². The highest BCUT2D eigenvalue weighted by atomic mass is 19.1. The van der Waals surface area contributed by atoms with Gasteiger partial charge >= 0.3 is 0 Å². The van der Waals surface area contributed by atoms with E-state index in [-0.39, 0.29) is 5.82 Å². The molecule has 1 N–H and O–H groups in total. The van der Waals surface area contributed by atoms with E-state index in [2.05, 4.69) is 23.5 Å². The number of anilines is 1. The molecule has 0 fully saturated rings. The molecule has 0 atom stereocenters. The van der Waals surface area contributed by atoms with Crippen LogP contribution in [-0.4, -0.2) is 6.54 Å². The summed E-state index contributed by atoms with van der Waals surface area (Å²) in [4.78, 5) is 0. The monoisotopic (exact) mass is 227 g/mol. The van der Waals surface area contributed by atoms with Crippen LogP contribution in [0.5, 0.6) is 0 Å². The standard InChI is InChI=1S/C15H14FN/c16-14-5-1-3-12(9-14)13-7-6-11-4-2-8-17-15(11)10-13/h1,3,5-7,9-10,17H,2,4,8H2.